The van der Waals surface area contributed by atoms with E-state index in [2.05, 4.69) is 31.9 Å². The van der Waals surface area contributed by atoms with Gasteiger partial charge in [-0.05, 0) is 39.1 Å². The number of carbonyl (C=O) groups is 1. The average molecular weight is 288 g/mol. The minimum atomic E-state index is -0.307. The van der Waals surface area contributed by atoms with E-state index in [1.165, 1.54) is 0 Å². The molecule has 0 aliphatic carbocycles. The maximum absolute atomic E-state index is 12.4. The normalized spacial score (nSPS) is 22.6. The monoisotopic (exact) mass is 288 g/mol. The molecule has 0 saturated heterocycles. The molecule has 1 aliphatic heterocycles. The summed E-state index contributed by atoms with van der Waals surface area (Å²) < 4.78 is 5.25. The molecule has 0 N–H and O–H groups in total. The summed E-state index contributed by atoms with van der Waals surface area (Å²) in [5.74, 6) is 0.274. The zero-order valence-electron chi connectivity index (χ0n) is 13.2. The van der Waals surface area contributed by atoms with Crippen LogP contribution in [0.1, 0.15) is 20.8 Å². The van der Waals surface area contributed by atoms with Crippen molar-refractivity contribution in [2.24, 2.45) is 5.92 Å². The van der Waals surface area contributed by atoms with Gasteiger partial charge in [0.2, 0.25) is 0 Å². The number of anilines is 1. The highest BCUT2D eigenvalue weighted by Gasteiger charge is 2.30. The summed E-state index contributed by atoms with van der Waals surface area (Å²) in [4.78, 5) is 16.4. The number of ether oxygens (including phenoxy) is 1. The number of likely N-dealkylation sites (N-methyl/N-ethyl adjacent to an activating group) is 1. The van der Waals surface area contributed by atoms with E-state index in [0.29, 0.717) is 12.6 Å². The molecule has 4 heteroatoms. The SMILES string of the molecule is CCOC(=O)N(C1=CC(C)N(C)CC1C)c1ccccc1. The number of amides is 1. The number of hydrogen-bond acceptors (Lipinski definition) is 3. The van der Waals surface area contributed by atoms with Gasteiger partial charge in [0, 0.05) is 24.2 Å². The molecule has 114 valence electrons. The molecule has 1 amide bonds. The van der Waals surface area contributed by atoms with E-state index in [0.717, 1.165) is 17.9 Å². The maximum Gasteiger partial charge on any atom is 0.418 e. The van der Waals surface area contributed by atoms with E-state index >= 15 is 0 Å². The first-order chi connectivity index (χ1) is 10.0. The number of nitrogens with zero attached hydrogens (tertiary/aromatic N) is 2. The second-order valence-corrected chi connectivity index (χ2v) is 5.54. The van der Waals surface area contributed by atoms with Crippen LogP contribution in [-0.4, -0.2) is 37.2 Å². The Hall–Kier alpha value is -1.81. The van der Waals surface area contributed by atoms with E-state index in [4.69, 9.17) is 4.74 Å². The third-order valence-electron chi connectivity index (χ3n) is 3.90. The van der Waals surface area contributed by atoms with Gasteiger partial charge in [-0.2, -0.15) is 0 Å². The molecule has 21 heavy (non-hydrogen) atoms. The molecule has 0 bridgehead atoms. The molecular weight excluding hydrogens is 264 g/mol. The third-order valence-corrected chi connectivity index (χ3v) is 3.90. The predicted molar refractivity (Wildman–Crippen MR) is 85.3 cm³/mol. The Bertz CT molecular complexity index is 513. The second-order valence-electron chi connectivity index (χ2n) is 5.54. The molecule has 2 atom stereocenters. The van der Waals surface area contributed by atoms with Gasteiger partial charge in [-0.3, -0.25) is 9.80 Å². The number of carbonyl (C=O) groups excluding carboxylic acids is 1. The van der Waals surface area contributed by atoms with Crippen molar-refractivity contribution in [2.45, 2.75) is 26.8 Å². The first-order valence-electron chi connectivity index (χ1n) is 7.48. The molecule has 1 heterocycles. The Balaban J connectivity index is 2.40. The van der Waals surface area contributed by atoms with Gasteiger partial charge >= 0.3 is 6.09 Å². The van der Waals surface area contributed by atoms with E-state index in [1.54, 1.807) is 4.90 Å². The Morgan fingerprint density at radius 3 is 2.62 bits per heavy atom. The molecule has 0 aromatic heterocycles. The molecule has 1 aliphatic rings. The van der Waals surface area contributed by atoms with Crippen LogP contribution >= 0.6 is 0 Å². The van der Waals surface area contributed by atoms with Crippen LogP contribution in [-0.2, 0) is 4.74 Å². The molecule has 0 radical (unpaired) electrons. The summed E-state index contributed by atoms with van der Waals surface area (Å²) in [6.45, 7) is 7.41. The van der Waals surface area contributed by atoms with Crippen LogP contribution in [0.4, 0.5) is 10.5 Å². The Morgan fingerprint density at radius 2 is 2.00 bits per heavy atom. The van der Waals surface area contributed by atoms with E-state index in [9.17, 15) is 4.79 Å². The van der Waals surface area contributed by atoms with Crippen molar-refractivity contribution >= 4 is 11.8 Å². The highest BCUT2D eigenvalue weighted by Crippen LogP contribution is 2.29. The molecule has 0 fully saturated rings. The number of hydrogen-bond donors (Lipinski definition) is 0. The van der Waals surface area contributed by atoms with Crippen LogP contribution in [0.3, 0.4) is 0 Å². The van der Waals surface area contributed by atoms with Gasteiger partial charge in [-0.1, -0.05) is 25.1 Å². The van der Waals surface area contributed by atoms with Gasteiger partial charge < -0.3 is 4.74 Å². The van der Waals surface area contributed by atoms with Gasteiger partial charge in [0.15, 0.2) is 0 Å². The minimum Gasteiger partial charge on any atom is -0.449 e. The summed E-state index contributed by atoms with van der Waals surface area (Å²) in [6.07, 6.45) is 1.84. The van der Waals surface area contributed by atoms with Crippen molar-refractivity contribution in [3.8, 4) is 0 Å². The summed E-state index contributed by atoms with van der Waals surface area (Å²) in [6, 6.07) is 10.00. The quantitative estimate of drug-likeness (QED) is 0.853. The number of para-hydroxylation sites is 1. The Labute approximate surface area is 127 Å². The van der Waals surface area contributed by atoms with Gasteiger partial charge in [-0.25, -0.2) is 4.79 Å². The van der Waals surface area contributed by atoms with Crippen LogP contribution < -0.4 is 4.90 Å². The first-order valence-corrected chi connectivity index (χ1v) is 7.48. The van der Waals surface area contributed by atoms with Gasteiger partial charge in [0.05, 0.1) is 12.3 Å². The van der Waals surface area contributed by atoms with Crippen LogP contribution in [0, 0.1) is 5.92 Å². The van der Waals surface area contributed by atoms with Gasteiger partial charge in [-0.15, -0.1) is 0 Å². The topological polar surface area (TPSA) is 32.8 Å². The zero-order chi connectivity index (χ0) is 15.4. The lowest BCUT2D eigenvalue weighted by Crippen LogP contribution is -2.43. The highest BCUT2D eigenvalue weighted by atomic mass is 16.6. The molecule has 2 rings (SSSR count). The van der Waals surface area contributed by atoms with Crippen molar-refractivity contribution in [2.75, 3.05) is 25.1 Å². The highest BCUT2D eigenvalue weighted by molar-refractivity contribution is 5.91. The summed E-state index contributed by atoms with van der Waals surface area (Å²) in [7, 11) is 2.10. The molecule has 1 aromatic rings. The predicted octanol–water partition coefficient (Wildman–Crippen LogP) is 3.50. The van der Waals surface area contributed by atoms with Gasteiger partial charge in [0.25, 0.3) is 0 Å². The molecule has 0 spiro atoms. The molecule has 1 aromatic carbocycles. The standard InChI is InChI=1S/C17H24N2O2/c1-5-21-17(20)19(15-9-7-6-8-10-15)16-11-14(3)18(4)12-13(16)2/h6-11,13-14H,5,12H2,1-4H3. The molecule has 2 unspecified atom stereocenters. The average Bonchev–Trinajstić information content (AvgIpc) is 2.46. The fourth-order valence-corrected chi connectivity index (χ4v) is 2.65. The molecule has 0 saturated carbocycles. The van der Waals surface area contributed by atoms with E-state index in [1.807, 2.05) is 37.3 Å². The third kappa shape index (κ3) is 3.45. The Morgan fingerprint density at radius 1 is 1.33 bits per heavy atom. The van der Waals surface area contributed by atoms with Crippen LogP contribution in [0.2, 0.25) is 0 Å². The summed E-state index contributed by atoms with van der Waals surface area (Å²) in [5.41, 5.74) is 1.87. The van der Waals surface area contributed by atoms with E-state index < -0.39 is 0 Å². The summed E-state index contributed by atoms with van der Waals surface area (Å²) in [5, 5.41) is 0. The van der Waals surface area contributed by atoms with Crippen molar-refractivity contribution in [1.82, 2.24) is 4.90 Å². The van der Waals surface area contributed by atoms with Crippen molar-refractivity contribution in [1.29, 1.82) is 0 Å². The van der Waals surface area contributed by atoms with Crippen LogP contribution in [0.15, 0.2) is 42.1 Å². The van der Waals surface area contributed by atoms with Crippen molar-refractivity contribution in [3.63, 3.8) is 0 Å². The van der Waals surface area contributed by atoms with Crippen molar-refractivity contribution in [3.05, 3.63) is 42.1 Å². The second kappa shape index (κ2) is 6.76. The Kier molecular flexibility index (Phi) is 5.02. The lowest BCUT2D eigenvalue weighted by Gasteiger charge is -2.37. The molecular formula is C17H24N2O2. The fraction of sp³-hybridized carbons (Fsp3) is 0.471. The fourth-order valence-electron chi connectivity index (χ4n) is 2.65. The number of rotatable bonds is 3. The van der Waals surface area contributed by atoms with Crippen LogP contribution in [0.25, 0.3) is 0 Å². The minimum absolute atomic E-state index is 0.274. The summed E-state index contributed by atoms with van der Waals surface area (Å²) >= 11 is 0. The smallest absolute Gasteiger partial charge is 0.418 e. The van der Waals surface area contributed by atoms with Gasteiger partial charge in [0.1, 0.15) is 0 Å². The van der Waals surface area contributed by atoms with Crippen LogP contribution in [0.5, 0.6) is 0 Å². The first kappa shape index (κ1) is 15.6. The van der Waals surface area contributed by atoms with Crippen molar-refractivity contribution < 1.29 is 9.53 Å². The largest absolute Gasteiger partial charge is 0.449 e. The number of benzene rings is 1. The molecule has 4 nitrogen and oxygen atoms in total. The lowest BCUT2D eigenvalue weighted by molar-refractivity contribution is 0.159. The maximum atomic E-state index is 12.4. The lowest BCUT2D eigenvalue weighted by atomic mass is 9.98. The zero-order valence-corrected chi connectivity index (χ0v) is 13.2. The van der Waals surface area contributed by atoms with E-state index in [-0.39, 0.29) is 12.0 Å².